The molecule has 0 radical (unpaired) electrons. The van der Waals surface area contributed by atoms with Crippen molar-refractivity contribution in [3.05, 3.63) is 0 Å². The van der Waals surface area contributed by atoms with E-state index in [4.69, 9.17) is 0 Å². The van der Waals surface area contributed by atoms with Crippen LogP contribution in [-0.4, -0.2) is 11.6 Å². The normalized spacial score (nSPS) is 53.0. The molecule has 0 bridgehead atoms. The molecule has 0 aromatic carbocycles. The minimum atomic E-state index is 0.241. The van der Waals surface area contributed by atoms with E-state index in [1.807, 2.05) is 0 Å². The average molecular weight is 288 g/mol. The van der Waals surface area contributed by atoms with Crippen molar-refractivity contribution in [3.8, 4) is 0 Å². The highest BCUT2D eigenvalue weighted by atomic mass is 16.1. The Bertz CT molecular complexity index is 496. The van der Waals surface area contributed by atoms with E-state index in [0.29, 0.717) is 29.3 Å². The molecule has 0 N–H and O–H groups in total. The van der Waals surface area contributed by atoms with Gasteiger partial charge < -0.3 is 0 Å². The van der Waals surface area contributed by atoms with Crippen LogP contribution < -0.4 is 0 Å². The van der Waals surface area contributed by atoms with Crippen molar-refractivity contribution in [2.24, 2.45) is 34.5 Å². The van der Waals surface area contributed by atoms with E-state index < -0.39 is 0 Å². The van der Waals surface area contributed by atoms with Gasteiger partial charge >= 0.3 is 0 Å². The number of carbonyl (C=O) groups is 2. The second-order valence-electron chi connectivity index (χ2n) is 9.02. The fourth-order valence-corrected chi connectivity index (χ4v) is 6.91. The summed E-state index contributed by atoms with van der Waals surface area (Å²) in [4.78, 5) is 24.1. The number of ketones is 2. The van der Waals surface area contributed by atoms with Gasteiger partial charge in [0.15, 0.2) is 0 Å². The first-order chi connectivity index (χ1) is 9.92. The van der Waals surface area contributed by atoms with Crippen LogP contribution in [-0.2, 0) is 9.59 Å². The van der Waals surface area contributed by atoms with Crippen LogP contribution in [0, 0.1) is 34.5 Å². The zero-order valence-electron chi connectivity index (χ0n) is 13.5. The van der Waals surface area contributed by atoms with Gasteiger partial charge in [-0.3, -0.25) is 9.59 Å². The molecule has 2 heteroatoms. The standard InChI is InChI=1S/C19H28O2/c1-18-8-7-16-15(17(18)9-14(21)10-18)6-4-12-3-5-13(20)11-19(12,16)2/h12,15-17H,3-11H2,1-2H3/t12-,15-,16+,17+,18-,19+/m1/s1. The number of hydrogen-bond acceptors (Lipinski definition) is 2. The van der Waals surface area contributed by atoms with E-state index in [1.54, 1.807) is 0 Å². The Labute approximate surface area is 128 Å². The van der Waals surface area contributed by atoms with Gasteiger partial charge in [-0.2, -0.15) is 0 Å². The van der Waals surface area contributed by atoms with Crippen LogP contribution in [0.4, 0.5) is 0 Å². The van der Waals surface area contributed by atoms with Crippen LogP contribution in [0.5, 0.6) is 0 Å². The monoisotopic (exact) mass is 288 g/mol. The smallest absolute Gasteiger partial charge is 0.133 e. The van der Waals surface area contributed by atoms with Crippen LogP contribution in [0.15, 0.2) is 0 Å². The molecule has 0 aliphatic heterocycles. The molecule has 4 saturated carbocycles. The summed E-state index contributed by atoms with van der Waals surface area (Å²) in [5.41, 5.74) is 0.519. The van der Waals surface area contributed by atoms with E-state index in [9.17, 15) is 9.59 Å². The summed E-state index contributed by atoms with van der Waals surface area (Å²) in [5.74, 6) is 3.77. The second-order valence-corrected chi connectivity index (χ2v) is 9.02. The lowest BCUT2D eigenvalue weighted by molar-refractivity contribution is -0.140. The van der Waals surface area contributed by atoms with Crippen LogP contribution in [0.1, 0.15) is 71.6 Å². The number of fused-ring (bicyclic) bond motifs is 5. The van der Waals surface area contributed by atoms with Crippen LogP contribution >= 0.6 is 0 Å². The summed E-state index contributed by atoms with van der Waals surface area (Å²) < 4.78 is 0. The third-order valence-corrected chi connectivity index (χ3v) is 7.98. The van der Waals surface area contributed by atoms with Crippen molar-refractivity contribution in [3.63, 3.8) is 0 Å². The van der Waals surface area contributed by atoms with Gasteiger partial charge in [-0.15, -0.1) is 0 Å². The molecule has 4 aliphatic rings. The Balaban J connectivity index is 1.67. The van der Waals surface area contributed by atoms with Crippen LogP contribution in [0.2, 0.25) is 0 Å². The maximum Gasteiger partial charge on any atom is 0.133 e. The fourth-order valence-electron chi connectivity index (χ4n) is 6.91. The summed E-state index contributed by atoms with van der Waals surface area (Å²) in [6.45, 7) is 4.77. The summed E-state index contributed by atoms with van der Waals surface area (Å²) >= 11 is 0. The second kappa shape index (κ2) is 4.43. The first-order valence-corrected chi connectivity index (χ1v) is 8.96. The van der Waals surface area contributed by atoms with Crippen LogP contribution in [0.3, 0.4) is 0 Å². The van der Waals surface area contributed by atoms with Crippen molar-refractivity contribution >= 4 is 11.6 Å². The van der Waals surface area contributed by atoms with E-state index in [-0.39, 0.29) is 10.8 Å². The van der Waals surface area contributed by atoms with Gasteiger partial charge in [0.05, 0.1) is 0 Å². The highest BCUT2D eigenvalue weighted by molar-refractivity contribution is 5.82. The first kappa shape index (κ1) is 14.0. The number of Topliss-reactive ketones (excluding diaryl/α,β-unsaturated/α-hetero) is 2. The van der Waals surface area contributed by atoms with E-state index in [2.05, 4.69) is 13.8 Å². The van der Waals surface area contributed by atoms with Gasteiger partial charge in [0.1, 0.15) is 11.6 Å². The third-order valence-electron chi connectivity index (χ3n) is 7.98. The molecule has 4 rings (SSSR count). The van der Waals surface area contributed by atoms with Crippen molar-refractivity contribution in [2.75, 3.05) is 0 Å². The Morgan fingerprint density at radius 1 is 0.905 bits per heavy atom. The predicted octanol–water partition coefficient (Wildman–Crippen LogP) is 4.17. The molecule has 0 aromatic heterocycles. The number of carbonyl (C=O) groups excluding carboxylic acids is 2. The Kier molecular flexibility index (Phi) is 2.94. The predicted molar refractivity (Wildman–Crippen MR) is 81.7 cm³/mol. The van der Waals surface area contributed by atoms with Gasteiger partial charge in [-0.25, -0.2) is 0 Å². The molecule has 4 fully saturated rings. The molecule has 0 aromatic rings. The van der Waals surface area contributed by atoms with E-state index >= 15 is 0 Å². The van der Waals surface area contributed by atoms with Gasteiger partial charge in [0.2, 0.25) is 0 Å². The fraction of sp³-hybridized carbons (Fsp3) is 0.895. The van der Waals surface area contributed by atoms with Crippen molar-refractivity contribution in [1.29, 1.82) is 0 Å². The summed E-state index contributed by atoms with van der Waals surface area (Å²) in [5, 5.41) is 0. The van der Waals surface area contributed by atoms with Gasteiger partial charge in [-0.1, -0.05) is 13.8 Å². The Hall–Kier alpha value is -0.660. The molecule has 0 saturated heterocycles. The average Bonchev–Trinajstić information content (AvgIpc) is 2.72. The Morgan fingerprint density at radius 3 is 2.52 bits per heavy atom. The number of hydrogen-bond donors (Lipinski definition) is 0. The topological polar surface area (TPSA) is 34.1 Å². The zero-order valence-corrected chi connectivity index (χ0v) is 13.5. The van der Waals surface area contributed by atoms with E-state index in [0.717, 1.165) is 38.0 Å². The minimum absolute atomic E-state index is 0.241. The number of rotatable bonds is 0. The molecular weight excluding hydrogens is 260 g/mol. The lowest BCUT2D eigenvalue weighted by Crippen LogP contribution is -2.53. The molecule has 0 spiro atoms. The van der Waals surface area contributed by atoms with Crippen LogP contribution in [0.25, 0.3) is 0 Å². The summed E-state index contributed by atoms with van der Waals surface area (Å²) in [6.07, 6.45) is 9.48. The summed E-state index contributed by atoms with van der Waals surface area (Å²) in [7, 11) is 0. The molecule has 6 atom stereocenters. The van der Waals surface area contributed by atoms with Gasteiger partial charge in [-0.05, 0) is 66.6 Å². The Morgan fingerprint density at radius 2 is 1.71 bits per heavy atom. The third kappa shape index (κ3) is 1.90. The van der Waals surface area contributed by atoms with E-state index in [1.165, 1.54) is 25.7 Å². The lowest BCUT2D eigenvalue weighted by Gasteiger charge is -2.59. The van der Waals surface area contributed by atoms with Gasteiger partial charge in [0.25, 0.3) is 0 Å². The first-order valence-electron chi connectivity index (χ1n) is 8.96. The maximum absolute atomic E-state index is 12.1. The summed E-state index contributed by atoms with van der Waals surface area (Å²) in [6, 6.07) is 0. The lowest BCUT2D eigenvalue weighted by atomic mass is 9.45. The van der Waals surface area contributed by atoms with Gasteiger partial charge in [0, 0.05) is 25.7 Å². The minimum Gasteiger partial charge on any atom is -0.300 e. The molecular formula is C19H28O2. The molecule has 0 heterocycles. The molecule has 0 amide bonds. The maximum atomic E-state index is 12.1. The SMILES string of the molecule is C[C@]12CC[C@H]3[C@@H](CC[C@H]4CCC(=O)C[C@@]43C)[C@@H]1CC(=O)C2. The molecule has 2 nitrogen and oxygen atoms in total. The zero-order chi connectivity index (χ0) is 14.8. The molecule has 116 valence electrons. The highest BCUT2D eigenvalue weighted by Crippen LogP contribution is 2.65. The van der Waals surface area contributed by atoms with Crippen molar-refractivity contribution in [1.82, 2.24) is 0 Å². The largest absolute Gasteiger partial charge is 0.300 e. The van der Waals surface area contributed by atoms with Crippen molar-refractivity contribution < 1.29 is 9.59 Å². The molecule has 0 unspecified atom stereocenters. The highest BCUT2D eigenvalue weighted by Gasteiger charge is 2.59. The quantitative estimate of drug-likeness (QED) is 0.670. The molecule has 21 heavy (non-hydrogen) atoms. The van der Waals surface area contributed by atoms with Crippen molar-refractivity contribution in [2.45, 2.75) is 71.6 Å². The molecule has 4 aliphatic carbocycles.